The minimum atomic E-state index is -4.32. The van der Waals surface area contributed by atoms with Gasteiger partial charge in [-0.25, -0.2) is 0 Å². The number of hydrogen-bond acceptors (Lipinski definition) is 1. The van der Waals surface area contributed by atoms with Crippen molar-refractivity contribution < 1.29 is 13.2 Å². The van der Waals surface area contributed by atoms with Crippen molar-refractivity contribution in [1.82, 2.24) is 0 Å². The Morgan fingerprint density at radius 1 is 1.44 bits per heavy atom. The quantitative estimate of drug-likeness (QED) is 0.779. The van der Waals surface area contributed by atoms with E-state index in [1.165, 1.54) is 6.07 Å². The topological polar surface area (TPSA) is 12.0 Å². The van der Waals surface area contributed by atoms with Crippen LogP contribution in [0.5, 0.6) is 0 Å². The lowest BCUT2D eigenvalue weighted by Crippen LogP contribution is -2.16. The molecular weight excluding hydrogens is 215 g/mol. The molecule has 0 bridgehead atoms. The maximum absolute atomic E-state index is 12.4. The molecule has 1 N–H and O–H groups in total. The third-order valence-electron chi connectivity index (χ3n) is 2.14. The molecule has 1 rings (SSSR count). The zero-order valence-corrected chi connectivity index (χ0v) is 8.81. The number of halogens is 3. The first-order valence-corrected chi connectivity index (χ1v) is 4.87. The van der Waals surface area contributed by atoms with E-state index in [2.05, 4.69) is 11.2 Å². The summed E-state index contributed by atoms with van der Waals surface area (Å²) in [6, 6.07) is 4.76. The first kappa shape index (κ1) is 12.4. The Morgan fingerprint density at radius 3 is 2.62 bits per heavy atom. The number of nitrogens with one attached hydrogen (secondary N) is 1. The maximum Gasteiger partial charge on any atom is 0.416 e. The van der Waals surface area contributed by atoms with E-state index in [0.29, 0.717) is 12.1 Å². The van der Waals surface area contributed by atoms with Gasteiger partial charge in [0.15, 0.2) is 0 Å². The highest BCUT2D eigenvalue weighted by Crippen LogP contribution is 2.30. The Balaban J connectivity index is 2.88. The summed E-state index contributed by atoms with van der Waals surface area (Å²) < 4.78 is 37.2. The van der Waals surface area contributed by atoms with Gasteiger partial charge in [0, 0.05) is 5.69 Å². The first-order valence-electron chi connectivity index (χ1n) is 4.87. The highest BCUT2D eigenvalue weighted by molar-refractivity contribution is 5.48. The van der Waals surface area contributed by atoms with Gasteiger partial charge in [0.2, 0.25) is 0 Å². The minimum Gasteiger partial charge on any atom is -0.372 e. The van der Waals surface area contributed by atoms with Crippen LogP contribution in [0.4, 0.5) is 18.9 Å². The molecule has 0 saturated heterocycles. The average molecular weight is 227 g/mol. The molecule has 0 heterocycles. The Kier molecular flexibility index (Phi) is 3.83. The molecule has 0 aromatic heterocycles. The second-order valence-electron chi connectivity index (χ2n) is 3.35. The van der Waals surface area contributed by atoms with Crippen molar-refractivity contribution in [3.63, 3.8) is 0 Å². The second-order valence-corrected chi connectivity index (χ2v) is 3.35. The smallest absolute Gasteiger partial charge is 0.372 e. The Morgan fingerprint density at radius 2 is 2.12 bits per heavy atom. The fraction of sp³-hybridized carbons (Fsp3) is 0.333. The largest absolute Gasteiger partial charge is 0.416 e. The van der Waals surface area contributed by atoms with Gasteiger partial charge >= 0.3 is 6.18 Å². The number of terminal acetylenes is 1. The van der Waals surface area contributed by atoms with E-state index < -0.39 is 11.7 Å². The third-order valence-corrected chi connectivity index (χ3v) is 2.14. The van der Waals surface area contributed by atoms with Crippen molar-refractivity contribution in [2.24, 2.45) is 0 Å². The summed E-state index contributed by atoms with van der Waals surface area (Å²) in [6.45, 7) is 1.87. The fourth-order valence-corrected chi connectivity index (χ4v) is 1.25. The molecule has 1 unspecified atom stereocenters. The molecule has 0 aliphatic rings. The highest BCUT2D eigenvalue weighted by atomic mass is 19.4. The summed E-state index contributed by atoms with van der Waals surface area (Å²) in [5.74, 6) is 2.47. The van der Waals surface area contributed by atoms with Gasteiger partial charge in [0.05, 0.1) is 11.6 Å². The average Bonchev–Trinajstić information content (AvgIpc) is 2.25. The van der Waals surface area contributed by atoms with Crippen LogP contribution < -0.4 is 5.32 Å². The summed E-state index contributed by atoms with van der Waals surface area (Å²) in [5, 5.41) is 2.85. The lowest BCUT2D eigenvalue weighted by atomic mass is 10.1. The van der Waals surface area contributed by atoms with Crippen LogP contribution in [-0.2, 0) is 6.18 Å². The van der Waals surface area contributed by atoms with Crippen molar-refractivity contribution >= 4 is 5.69 Å². The van der Waals surface area contributed by atoms with Gasteiger partial charge in [-0.1, -0.05) is 18.9 Å². The van der Waals surface area contributed by atoms with Crippen molar-refractivity contribution in [2.45, 2.75) is 25.6 Å². The van der Waals surface area contributed by atoms with Gasteiger partial charge in [-0.15, -0.1) is 6.42 Å². The molecule has 1 aromatic rings. The molecule has 0 aliphatic carbocycles. The predicted octanol–water partition coefficient (Wildman–Crippen LogP) is 3.53. The molecule has 1 aromatic carbocycles. The molecule has 0 amide bonds. The van der Waals surface area contributed by atoms with Crippen LogP contribution in [0.2, 0.25) is 0 Å². The molecule has 0 radical (unpaired) electrons. The van der Waals surface area contributed by atoms with Crippen LogP contribution in [0, 0.1) is 12.3 Å². The zero-order chi connectivity index (χ0) is 12.2. The van der Waals surface area contributed by atoms with E-state index in [0.717, 1.165) is 12.1 Å². The number of alkyl halides is 3. The highest BCUT2D eigenvalue weighted by Gasteiger charge is 2.30. The van der Waals surface area contributed by atoms with E-state index in [-0.39, 0.29) is 6.04 Å². The summed E-state index contributed by atoms with van der Waals surface area (Å²) in [6.07, 6.45) is 1.56. The molecule has 0 aliphatic heterocycles. The Labute approximate surface area is 92.7 Å². The van der Waals surface area contributed by atoms with Gasteiger partial charge in [0.1, 0.15) is 0 Å². The van der Waals surface area contributed by atoms with Crippen LogP contribution >= 0.6 is 0 Å². The lowest BCUT2D eigenvalue weighted by Gasteiger charge is -2.14. The van der Waals surface area contributed by atoms with Crippen LogP contribution in [-0.4, -0.2) is 6.04 Å². The molecule has 0 saturated carbocycles. The number of anilines is 1. The van der Waals surface area contributed by atoms with Gasteiger partial charge in [-0.3, -0.25) is 0 Å². The molecule has 4 heteroatoms. The van der Waals surface area contributed by atoms with Gasteiger partial charge in [-0.05, 0) is 24.6 Å². The molecule has 1 nitrogen and oxygen atoms in total. The fourth-order valence-electron chi connectivity index (χ4n) is 1.25. The van der Waals surface area contributed by atoms with Crippen molar-refractivity contribution in [3.8, 4) is 12.3 Å². The normalized spacial score (nSPS) is 12.9. The van der Waals surface area contributed by atoms with Gasteiger partial charge in [-0.2, -0.15) is 13.2 Å². The van der Waals surface area contributed by atoms with Crippen molar-refractivity contribution in [2.75, 3.05) is 5.32 Å². The van der Waals surface area contributed by atoms with Crippen molar-refractivity contribution in [3.05, 3.63) is 29.8 Å². The Hall–Kier alpha value is -1.63. The predicted molar refractivity (Wildman–Crippen MR) is 58.0 cm³/mol. The van der Waals surface area contributed by atoms with Crippen LogP contribution in [0.1, 0.15) is 18.9 Å². The summed E-state index contributed by atoms with van der Waals surface area (Å²) in [5.41, 5.74) is -0.288. The van der Waals surface area contributed by atoms with E-state index in [1.54, 1.807) is 6.07 Å². The Bertz CT molecular complexity index is 390. The molecular formula is C12H12F3N. The SMILES string of the molecule is C#CC(CC)Nc1cccc(C(F)(F)F)c1. The molecule has 16 heavy (non-hydrogen) atoms. The van der Waals surface area contributed by atoms with E-state index in [1.807, 2.05) is 6.92 Å². The number of rotatable bonds is 3. The molecule has 0 spiro atoms. The van der Waals surface area contributed by atoms with Gasteiger partial charge in [0.25, 0.3) is 0 Å². The van der Waals surface area contributed by atoms with E-state index in [9.17, 15) is 13.2 Å². The number of hydrogen-bond donors (Lipinski definition) is 1. The number of benzene rings is 1. The monoisotopic (exact) mass is 227 g/mol. The van der Waals surface area contributed by atoms with Crippen molar-refractivity contribution in [1.29, 1.82) is 0 Å². The maximum atomic E-state index is 12.4. The lowest BCUT2D eigenvalue weighted by molar-refractivity contribution is -0.137. The first-order chi connectivity index (χ1) is 7.47. The third kappa shape index (κ3) is 3.20. The molecule has 86 valence electrons. The minimum absolute atomic E-state index is 0.247. The molecule has 1 atom stereocenters. The van der Waals surface area contributed by atoms with Crippen LogP contribution in [0.25, 0.3) is 0 Å². The zero-order valence-electron chi connectivity index (χ0n) is 8.81. The summed E-state index contributed by atoms with van der Waals surface area (Å²) in [4.78, 5) is 0. The van der Waals surface area contributed by atoms with E-state index >= 15 is 0 Å². The van der Waals surface area contributed by atoms with Crippen LogP contribution in [0.3, 0.4) is 0 Å². The second kappa shape index (κ2) is 4.93. The summed E-state index contributed by atoms with van der Waals surface area (Å²) in [7, 11) is 0. The summed E-state index contributed by atoms with van der Waals surface area (Å²) >= 11 is 0. The standard InChI is InChI=1S/C12H12F3N/c1-3-10(4-2)16-11-7-5-6-9(8-11)12(13,14)15/h1,5-8,10,16H,4H2,2H3. The molecule has 0 fully saturated rings. The van der Waals surface area contributed by atoms with Crippen LogP contribution in [0.15, 0.2) is 24.3 Å². The van der Waals surface area contributed by atoms with E-state index in [4.69, 9.17) is 6.42 Å². The van der Waals surface area contributed by atoms with Gasteiger partial charge < -0.3 is 5.32 Å².